The molecule has 5 rings (SSSR count). The average Bonchev–Trinajstić information content (AvgIpc) is 3.23. The lowest BCUT2D eigenvalue weighted by Gasteiger charge is -2.43. The molecule has 1 aromatic carbocycles. The zero-order valence-electron chi connectivity index (χ0n) is 12.6. The molecule has 124 valence electrons. The first-order valence-electron chi connectivity index (χ1n) is 7.72. The predicted octanol–water partition coefficient (Wildman–Crippen LogP) is 0.496. The highest BCUT2D eigenvalue weighted by atomic mass is 16.8. The molecule has 1 aromatic rings. The highest BCUT2D eigenvalue weighted by Crippen LogP contribution is 2.54. The fourth-order valence-corrected chi connectivity index (χ4v) is 4.11. The lowest BCUT2D eigenvalue weighted by atomic mass is 9.79. The molecule has 0 radical (unpaired) electrons. The van der Waals surface area contributed by atoms with Gasteiger partial charge < -0.3 is 33.5 Å². The summed E-state index contributed by atoms with van der Waals surface area (Å²) in [5, 5.41) is 11.3. The van der Waals surface area contributed by atoms with E-state index in [1.54, 1.807) is 7.11 Å². The van der Waals surface area contributed by atoms with Gasteiger partial charge in [0.1, 0.15) is 29.7 Å². The number of rotatable bonds is 2. The zero-order chi connectivity index (χ0) is 15.7. The molecule has 4 saturated heterocycles. The first-order chi connectivity index (χ1) is 11.1. The third kappa shape index (κ3) is 1.80. The number of fused-ring (bicyclic) bond motifs is 6. The van der Waals surface area contributed by atoms with E-state index < -0.39 is 29.9 Å². The van der Waals surface area contributed by atoms with Crippen LogP contribution in [-0.2, 0) is 29.5 Å². The molecule has 4 aliphatic heterocycles. The van der Waals surface area contributed by atoms with Gasteiger partial charge in [-0.2, -0.15) is 0 Å². The molecule has 0 saturated carbocycles. The molecule has 7 heteroatoms. The molecular formula is C16H18O7. The van der Waals surface area contributed by atoms with E-state index in [-0.39, 0.29) is 19.3 Å². The summed E-state index contributed by atoms with van der Waals surface area (Å²) >= 11 is 0. The van der Waals surface area contributed by atoms with Crippen LogP contribution in [0.5, 0.6) is 5.75 Å². The van der Waals surface area contributed by atoms with Crippen LogP contribution in [-0.4, -0.2) is 55.8 Å². The summed E-state index contributed by atoms with van der Waals surface area (Å²) in [7, 11) is 1.62. The Balaban J connectivity index is 1.52. The topological polar surface area (TPSA) is 75.6 Å². The van der Waals surface area contributed by atoms with Gasteiger partial charge in [-0.25, -0.2) is 0 Å². The van der Waals surface area contributed by atoms with Crippen LogP contribution in [0.1, 0.15) is 12.0 Å². The largest absolute Gasteiger partial charge is 0.497 e. The smallest absolute Gasteiger partial charge is 0.198 e. The highest BCUT2D eigenvalue weighted by Gasteiger charge is 2.70. The molecule has 0 aliphatic carbocycles. The molecule has 4 fully saturated rings. The first kappa shape index (κ1) is 14.2. The first-order valence-corrected chi connectivity index (χ1v) is 7.72. The lowest BCUT2D eigenvalue weighted by molar-refractivity contribution is -0.282. The summed E-state index contributed by atoms with van der Waals surface area (Å²) in [6.45, 7) is 0.491. The number of ether oxygens (including phenoxy) is 6. The summed E-state index contributed by atoms with van der Waals surface area (Å²) in [6, 6.07) is 7.49. The van der Waals surface area contributed by atoms with Crippen molar-refractivity contribution in [2.45, 2.75) is 42.4 Å². The van der Waals surface area contributed by atoms with Crippen molar-refractivity contribution in [1.29, 1.82) is 0 Å². The van der Waals surface area contributed by atoms with Crippen molar-refractivity contribution < 1.29 is 33.5 Å². The van der Waals surface area contributed by atoms with E-state index in [0.717, 1.165) is 11.3 Å². The Morgan fingerprint density at radius 1 is 1.17 bits per heavy atom. The van der Waals surface area contributed by atoms with E-state index in [2.05, 4.69) is 0 Å². The van der Waals surface area contributed by atoms with Gasteiger partial charge >= 0.3 is 0 Å². The van der Waals surface area contributed by atoms with E-state index in [0.29, 0.717) is 6.61 Å². The van der Waals surface area contributed by atoms with Gasteiger partial charge in [-0.1, -0.05) is 0 Å². The minimum absolute atomic E-state index is 0.131. The SMILES string of the molecule is COc1ccc([C@@]23C[C@@]4(O)[C@H](O[C@@H]5OCO[C@@H]54)[C@@H](CO2)O3)cc1. The van der Waals surface area contributed by atoms with Crippen LogP contribution in [0, 0.1) is 0 Å². The normalized spacial score (nSPS) is 47.4. The van der Waals surface area contributed by atoms with Gasteiger partial charge in [0, 0.05) is 12.0 Å². The van der Waals surface area contributed by atoms with Gasteiger partial charge in [0.2, 0.25) is 0 Å². The van der Waals surface area contributed by atoms with Gasteiger partial charge in [-0.15, -0.1) is 0 Å². The van der Waals surface area contributed by atoms with Gasteiger partial charge in [-0.3, -0.25) is 0 Å². The molecule has 6 atom stereocenters. The van der Waals surface area contributed by atoms with E-state index in [9.17, 15) is 5.11 Å². The van der Waals surface area contributed by atoms with E-state index in [1.807, 2.05) is 24.3 Å². The Morgan fingerprint density at radius 2 is 2.00 bits per heavy atom. The van der Waals surface area contributed by atoms with Crippen molar-refractivity contribution in [2.75, 3.05) is 20.5 Å². The summed E-state index contributed by atoms with van der Waals surface area (Å²) in [6.07, 6.45) is -1.68. The van der Waals surface area contributed by atoms with E-state index in [1.165, 1.54) is 0 Å². The fourth-order valence-electron chi connectivity index (χ4n) is 4.11. The zero-order valence-corrected chi connectivity index (χ0v) is 12.6. The molecule has 0 unspecified atom stereocenters. The number of methoxy groups -OCH3 is 1. The van der Waals surface area contributed by atoms with Crippen molar-refractivity contribution in [2.24, 2.45) is 0 Å². The van der Waals surface area contributed by atoms with Gasteiger partial charge in [0.25, 0.3) is 0 Å². The molecule has 7 nitrogen and oxygen atoms in total. The Labute approximate surface area is 133 Å². The summed E-state index contributed by atoms with van der Waals surface area (Å²) < 4.78 is 34.1. The molecule has 0 spiro atoms. The van der Waals surface area contributed by atoms with Crippen LogP contribution in [0.15, 0.2) is 24.3 Å². The van der Waals surface area contributed by atoms with Crippen LogP contribution >= 0.6 is 0 Å². The highest BCUT2D eigenvalue weighted by molar-refractivity contribution is 5.32. The summed E-state index contributed by atoms with van der Waals surface area (Å²) in [5.74, 6) is -0.240. The van der Waals surface area contributed by atoms with Crippen molar-refractivity contribution in [3.8, 4) is 5.75 Å². The van der Waals surface area contributed by atoms with Crippen LogP contribution < -0.4 is 4.74 Å². The van der Waals surface area contributed by atoms with Crippen molar-refractivity contribution in [1.82, 2.24) is 0 Å². The number of hydrogen-bond donors (Lipinski definition) is 1. The molecule has 1 N–H and O–H groups in total. The Kier molecular flexibility index (Phi) is 2.87. The molecular weight excluding hydrogens is 304 g/mol. The van der Waals surface area contributed by atoms with Crippen LogP contribution in [0.3, 0.4) is 0 Å². The second-order valence-electron chi connectivity index (χ2n) is 6.41. The maximum Gasteiger partial charge on any atom is 0.198 e. The Morgan fingerprint density at radius 3 is 2.78 bits per heavy atom. The van der Waals surface area contributed by atoms with Crippen molar-refractivity contribution in [3.63, 3.8) is 0 Å². The molecule has 23 heavy (non-hydrogen) atoms. The van der Waals surface area contributed by atoms with Crippen LogP contribution in [0.25, 0.3) is 0 Å². The number of benzene rings is 1. The standard InChI is InChI=1S/C16H18O7/c1-18-10-4-2-9(3-5-10)16-7-15(17)12(11(23-16)6-21-16)22-14-13(15)19-8-20-14/h2-5,11-14,17H,6-8H2,1H3/t11-,12-,13+,14+,15-,16+/m1/s1. The molecule has 4 aliphatic rings. The Hall–Kier alpha value is -1.22. The number of aliphatic hydroxyl groups is 1. The third-order valence-corrected chi connectivity index (χ3v) is 5.20. The van der Waals surface area contributed by atoms with Crippen LogP contribution in [0.2, 0.25) is 0 Å². The molecule has 2 bridgehead atoms. The van der Waals surface area contributed by atoms with Crippen molar-refractivity contribution in [3.05, 3.63) is 29.8 Å². The lowest BCUT2D eigenvalue weighted by Crippen LogP contribution is -2.59. The molecule has 4 heterocycles. The second-order valence-corrected chi connectivity index (χ2v) is 6.41. The molecule has 0 amide bonds. The second kappa shape index (κ2) is 4.66. The third-order valence-electron chi connectivity index (χ3n) is 5.20. The maximum atomic E-state index is 11.3. The minimum Gasteiger partial charge on any atom is -0.497 e. The van der Waals surface area contributed by atoms with E-state index in [4.69, 9.17) is 28.4 Å². The minimum atomic E-state index is -1.19. The quantitative estimate of drug-likeness (QED) is 0.849. The maximum absolute atomic E-state index is 11.3. The summed E-state index contributed by atoms with van der Waals surface area (Å²) in [5.41, 5.74) is -0.351. The average molecular weight is 322 g/mol. The van der Waals surface area contributed by atoms with Gasteiger partial charge in [0.15, 0.2) is 18.9 Å². The van der Waals surface area contributed by atoms with Crippen LogP contribution in [0.4, 0.5) is 0 Å². The predicted molar refractivity (Wildman–Crippen MR) is 74.5 cm³/mol. The summed E-state index contributed by atoms with van der Waals surface area (Å²) in [4.78, 5) is 0. The fraction of sp³-hybridized carbons (Fsp3) is 0.625. The van der Waals surface area contributed by atoms with E-state index >= 15 is 0 Å². The van der Waals surface area contributed by atoms with Gasteiger partial charge in [0.05, 0.1) is 13.7 Å². The Bertz CT molecular complexity index is 619. The number of hydrogen-bond acceptors (Lipinski definition) is 7. The monoisotopic (exact) mass is 322 g/mol. The van der Waals surface area contributed by atoms with Gasteiger partial charge in [-0.05, 0) is 24.3 Å². The van der Waals surface area contributed by atoms with Crippen molar-refractivity contribution >= 4 is 0 Å². The molecule has 0 aromatic heterocycles.